The van der Waals surface area contributed by atoms with Crippen LogP contribution in [0.25, 0.3) is 0 Å². The van der Waals surface area contributed by atoms with E-state index in [0.29, 0.717) is 38.3 Å². The van der Waals surface area contributed by atoms with Crippen LogP contribution >= 0.6 is 0 Å². The number of hydrogen-bond acceptors (Lipinski definition) is 3. The van der Waals surface area contributed by atoms with Crippen LogP contribution < -0.4 is 10.6 Å². The minimum absolute atomic E-state index is 0.210. The Morgan fingerprint density at radius 3 is 2.38 bits per heavy atom. The molecular weight excluding hydrogens is 270 g/mol. The Hall–Kier alpha value is -1.59. The first kappa shape index (κ1) is 14.4. The molecule has 0 bridgehead atoms. The van der Waals surface area contributed by atoms with Gasteiger partial charge in [-0.15, -0.1) is 0 Å². The van der Waals surface area contributed by atoms with Crippen molar-refractivity contribution >= 4 is 17.8 Å². The van der Waals surface area contributed by atoms with Crippen molar-refractivity contribution in [1.29, 1.82) is 0 Å². The van der Waals surface area contributed by atoms with Crippen molar-refractivity contribution in [3.63, 3.8) is 0 Å². The van der Waals surface area contributed by atoms with Crippen LogP contribution in [0.1, 0.15) is 51.4 Å². The molecule has 1 spiro atoms. The minimum atomic E-state index is -0.779. The second kappa shape index (κ2) is 5.66. The summed E-state index contributed by atoms with van der Waals surface area (Å²) < 4.78 is 0. The van der Waals surface area contributed by atoms with Gasteiger partial charge in [0.05, 0.1) is 0 Å². The highest BCUT2D eigenvalue weighted by Crippen LogP contribution is 2.29. The second-order valence-corrected chi connectivity index (χ2v) is 6.58. The highest BCUT2D eigenvalue weighted by Gasteiger charge is 2.48. The molecule has 2 N–H and O–H groups in total. The summed E-state index contributed by atoms with van der Waals surface area (Å²) in [5.74, 6) is 0.505. The van der Waals surface area contributed by atoms with Gasteiger partial charge in [-0.05, 0) is 31.6 Å². The van der Waals surface area contributed by atoms with Crippen LogP contribution in [0.4, 0.5) is 4.79 Å². The number of imide groups is 1. The third-order valence-corrected chi connectivity index (χ3v) is 5.17. The fourth-order valence-electron chi connectivity index (χ4n) is 3.79. The largest absolute Gasteiger partial charge is 0.342 e. The van der Waals surface area contributed by atoms with E-state index < -0.39 is 11.6 Å². The molecule has 116 valence electrons. The molecule has 2 aliphatic heterocycles. The number of nitrogens with one attached hydrogen (secondary N) is 2. The van der Waals surface area contributed by atoms with Crippen molar-refractivity contribution in [3.8, 4) is 0 Å². The van der Waals surface area contributed by atoms with Gasteiger partial charge in [0, 0.05) is 19.5 Å². The van der Waals surface area contributed by atoms with Gasteiger partial charge in [-0.1, -0.05) is 19.3 Å². The molecule has 1 saturated carbocycles. The van der Waals surface area contributed by atoms with E-state index in [9.17, 15) is 14.4 Å². The molecule has 6 nitrogen and oxygen atoms in total. The standard InChI is InChI=1S/C15H23N3O3/c19-12(10-11-4-2-1-3-5-11)18-8-6-15(7-9-18)13(20)16-14(21)17-15/h11H,1-10H2,(H2,16,17,20,21). The summed E-state index contributed by atoms with van der Waals surface area (Å²) >= 11 is 0. The fourth-order valence-corrected chi connectivity index (χ4v) is 3.79. The Balaban J connectivity index is 1.52. The Labute approximate surface area is 124 Å². The number of likely N-dealkylation sites (tertiary alicyclic amines) is 1. The van der Waals surface area contributed by atoms with Gasteiger partial charge >= 0.3 is 6.03 Å². The van der Waals surface area contributed by atoms with Crippen molar-refractivity contribution in [3.05, 3.63) is 0 Å². The van der Waals surface area contributed by atoms with Gasteiger partial charge in [-0.3, -0.25) is 14.9 Å². The molecule has 4 amide bonds. The lowest BCUT2D eigenvalue weighted by Crippen LogP contribution is -2.55. The third-order valence-electron chi connectivity index (χ3n) is 5.17. The van der Waals surface area contributed by atoms with Crippen LogP contribution in [0.3, 0.4) is 0 Å². The topological polar surface area (TPSA) is 78.5 Å². The predicted molar refractivity (Wildman–Crippen MR) is 76.4 cm³/mol. The molecule has 21 heavy (non-hydrogen) atoms. The maximum atomic E-state index is 12.4. The van der Waals surface area contributed by atoms with Crippen molar-refractivity contribution in [2.75, 3.05) is 13.1 Å². The van der Waals surface area contributed by atoms with E-state index >= 15 is 0 Å². The smallest absolute Gasteiger partial charge is 0.322 e. The first-order chi connectivity index (χ1) is 10.1. The van der Waals surface area contributed by atoms with Crippen LogP contribution in [-0.2, 0) is 9.59 Å². The van der Waals surface area contributed by atoms with E-state index in [0.717, 1.165) is 0 Å². The average molecular weight is 293 g/mol. The normalized spacial score (nSPS) is 25.8. The molecule has 3 rings (SSSR count). The molecule has 3 aliphatic rings. The Morgan fingerprint density at radius 1 is 1.14 bits per heavy atom. The molecule has 3 fully saturated rings. The van der Waals surface area contributed by atoms with Gasteiger partial charge in [0.1, 0.15) is 5.54 Å². The van der Waals surface area contributed by atoms with Gasteiger partial charge in [0.25, 0.3) is 5.91 Å². The first-order valence-electron chi connectivity index (χ1n) is 8.00. The van der Waals surface area contributed by atoms with Gasteiger partial charge in [-0.25, -0.2) is 4.79 Å². The fraction of sp³-hybridized carbons (Fsp3) is 0.800. The lowest BCUT2D eigenvalue weighted by atomic mass is 9.85. The number of urea groups is 1. The maximum absolute atomic E-state index is 12.4. The van der Waals surface area contributed by atoms with E-state index in [-0.39, 0.29) is 11.8 Å². The first-order valence-corrected chi connectivity index (χ1v) is 8.00. The Bertz CT molecular complexity index is 449. The quantitative estimate of drug-likeness (QED) is 0.750. The minimum Gasteiger partial charge on any atom is -0.342 e. The molecule has 6 heteroatoms. The SMILES string of the molecule is O=C1NC(=O)C2(CCN(C(=O)CC3CCCCC3)CC2)N1. The van der Waals surface area contributed by atoms with Gasteiger partial charge in [0.15, 0.2) is 0 Å². The molecule has 0 aromatic heterocycles. The Kier molecular flexibility index (Phi) is 3.87. The summed E-state index contributed by atoms with van der Waals surface area (Å²) in [5.41, 5.74) is -0.779. The molecule has 0 aromatic carbocycles. The van der Waals surface area contributed by atoms with E-state index in [4.69, 9.17) is 0 Å². The van der Waals surface area contributed by atoms with Crippen molar-refractivity contribution < 1.29 is 14.4 Å². The summed E-state index contributed by atoms with van der Waals surface area (Å²) in [6.07, 6.45) is 7.80. The van der Waals surface area contributed by atoms with Gasteiger partial charge in [-0.2, -0.15) is 0 Å². The van der Waals surface area contributed by atoms with Crippen molar-refractivity contribution in [1.82, 2.24) is 15.5 Å². The van der Waals surface area contributed by atoms with Crippen LogP contribution in [0.2, 0.25) is 0 Å². The summed E-state index contributed by atoms with van der Waals surface area (Å²) in [7, 11) is 0. The maximum Gasteiger partial charge on any atom is 0.322 e. The van der Waals surface area contributed by atoms with E-state index in [1.54, 1.807) is 0 Å². The number of carbonyl (C=O) groups excluding carboxylic acids is 3. The predicted octanol–water partition coefficient (Wildman–Crippen LogP) is 1.16. The number of nitrogens with zero attached hydrogens (tertiary/aromatic N) is 1. The lowest BCUT2D eigenvalue weighted by Gasteiger charge is -2.37. The number of rotatable bonds is 2. The van der Waals surface area contributed by atoms with Crippen molar-refractivity contribution in [2.45, 2.75) is 56.9 Å². The summed E-state index contributed by atoms with van der Waals surface area (Å²) in [4.78, 5) is 37.4. The summed E-state index contributed by atoms with van der Waals surface area (Å²) in [6.45, 7) is 1.11. The molecule has 0 unspecified atom stereocenters. The molecule has 0 atom stereocenters. The number of hydrogen-bond donors (Lipinski definition) is 2. The molecule has 1 aliphatic carbocycles. The van der Waals surface area contributed by atoms with Gasteiger partial charge < -0.3 is 10.2 Å². The van der Waals surface area contributed by atoms with E-state index in [2.05, 4.69) is 10.6 Å². The van der Waals surface area contributed by atoms with Crippen LogP contribution in [-0.4, -0.2) is 41.4 Å². The zero-order chi connectivity index (χ0) is 14.9. The average Bonchev–Trinajstić information content (AvgIpc) is 2.74. The van der Waals surface area contributed by atoms with Crippen LogP contribution in [0.15, 0.2) is 0 Å². The molecule has 0 aromatic rings. The van der Waals surface area contributed by atoms with E-state index in [1.807, 2.05) is 4.90 Å². The lowest BCUT2D eigenvalue weighted by molar-refractivity contribution is -0.136. The third kappa shape index (κ3) is 2.89. The molecule has 0 radical (unpaired) electrons. The molecule has 2 saturated heterocycles. The van der Waals surface area contributed by atoms with Crippen molar-refractivity contribution in [2.24, 2.45) is 5.92 Å². The number of amides is 4. The van der Waals surface area contributed by atoms with E-state index in [1.165, 1.54) is 32.1 Å². The monoisotopic (exact) mass is 293 g/mol. The number of carbonyl (C=O) groups is 3. The van der Waals surface area contributed by atoms with Crippen LogP contribution in [0.5, 0.6) is 0 Å². The van der Waals surface area contributed by atoms with Gasteiger partial charge in [0.2, 0.25) is 5.91 Å². The second-order valence-electron chi connectivity index (χ2n) is 6.58. The van der Waals surface area contributed by atoms with Crippen LogP contribution in [0, 0.1) is 5.92 Å². The molecular formula is C15H23N3O3. The summed E-state index contributed by atoms with van der Waals surface area (Å²) in [6, 6.07) is -0.415. The summed E-state index contributed by atoms with van der Waals surface area (Å²) in [5, 5.41) is 5.02. The zero-order valence-corrected chi connectivity index (χ0v) is 12.3. The highest BCUT2D eigenvalue weighted by atomic mass is 16.2. The zero-order valence-electron chi connectivity index (χ0n) is 12.3. The Morgan fingerprint density at radius 2 is 1.81 bits per heavy atom. The number of piperidine rings is 1. The highest BCUT2D eigenvalue weighted by molar-refractivity contribution is 6.07. The molecule has 2 heterocycles.